The second kappa shape index (κ2) is 14.9. The van der Waals surface area contributed by atoms with Crippen LogP contribution in [0.5, 0.6) is 0 Å². The van der Waals surface area contributed by atoms with E-state index in [0.29, 0.717) is 28.3 Å². The second-order valence-electron chi connectivity index (χ2n) is 9.37. The quantitative estimate of drug-likeness (QED) is 0.177. The average molecular weight is 794 g/mol. The Morgan fingerprint density at radius 3 is 1.82 bits per heavy atom. The van der Waals surface area contributed by atoms with Gasteiger partial charge in [-0.3, -0.25) is 14.2 Å². The number of hydrogen-bond donors (Lipinski definition) is 1. The van der Waals surface area contributed by atoms with E-state index in [1.165, 1.54) is 0 Å². The largest absolute Gasteiger partial charge is 0.382 e. The third kappa shape index (κ3) is 8.04. The highest BCUT2D eigenvalue weighted by Gasteiger charge is 2.22. The molecule has 0 aliphatic rings. The van der Waals surface area contributed by atoms with Gasteiger partial charge in [-0.2, -0.15) is 10.2 Å². The summed E-state index contributed by atoms with van der Waals surface area (Å²) in [6, 6.07) is 7.32. The molecule has 1 N–H and O–H groups in total. The molecule has 234 valence electrons. The molecule has 1 unspecified atom stereocenters. The standard InChI is InChI=1S/C14H11Cl3N4O.C8H6BrClN2.C6H4Cl2N2O/c1-6-13(16)19-14(17)11(18-6)12(22)7-3-4-9-8(10(7)15)5-21(2)20-9;1-12-4-5-7(11-12)3-2-6(9)8(5)10;1-3-5(7)10-6(8)4(2-11)9-3/h3-5,12,22H,1-2H3;2-4H,1H3;2H,1H3. The summed E-state index contributed by atoms with van der Waals surface area (Å²) in [6.07, 6.45) is 3.13. The van der Waals surface area contributed by atoms with E-state index in [0.717, 1.165) is 31.3 Å². The molecule has 1 atom stereocenters. The van der Waals surface area contributed by atoms with Crippen LogP contribution in [-0.2, 0) is 14.1 Å². The molecule has 0 radical (unpaired) electrons. The van der Waals surface area contributed by atoms with Gasteiger partial charge in [0.1, 0.15) is 17.5 Å². The summed E-state index contributed by atoms with van der Waals surface area (Å²) in [7, 11) is 3.68. The molecule has 0 spiro atoms. The van der Waals surface area contributed by atoms with Crippen LogP contribution in [-0.4, -0.2) is 50.9 Å². The smallest absolute Gasteiger partial charge is 0.171 e. The fraction of sp³-hybridized carbons (Fsp3) is 0.179. The first-order valence-electron chi connectivity index (χ1n) is 12.6. The molecule has 6 rings (SSSR count). The molecule has 0 aliphatic heterocycles. The van der Waals surface area contributed by atoms with Gasteiger partial charge in [0.25, 0.3) is 0 Å². The van der Waals surface area contributed by atoms with E-state index in [4.69, 9.17) is 69.6 Å². The van der Waals surface area contributed by atoms with Gasteiger partial charge in [-0.25, -0.2) is 19.9 Å². The Morgan fingerprint density at radius 2 is 1.24 bits per heavy atom. The van der Waals surface area contributed by atoms with Gasteiger partial charge < -0.3 is 5.11 Å². The Bertz CT molecular complexity index is 2050. The number of benzene rings is 2. The molecule has 2 aromatic carbocycles. The molecule has 0 bridgehead atoms. The van der Waals surface area contributed by atoms with Gasteiger partial charge in [0.15, 0.2) is 26.9 Å². The van der Waals surface area contributed by atoms with E-state index in [1.807, 2.05) is 25.4 Å². The van der Waals surface area contributed by atoms with Gasteiger partial charge >= 0.3 is 0 Å². The zero-order valence-corrected chi connectivity index (χ0v) is 29.8. The van der Waals surface area contributed by atoms with Crippen LogP contribution < -0.4 is 0 Å². The van der Waals surface area contributed by atoms with Crippen molar-refractivity contribution in [2.24, 2.45) is 14.1 Å². The number of nitrogens with zero attached hydrogens (tertiary/aromatic N) is 8. The molecule has 0 saturated carbocycles. The average Bonchev–Trinajstić information content (AvgIpc) is 3.57. The van der Waals surface area contributed by atoms with E-state index in [-0.39, 0.29) is 32.0 Å². The molecule has 0 saturated heterocycles. The Balaban J connectivity index is 0.000000169. The topological polar surface area (TPSA) is 124 Å². The number of aromatic nitrogens is 8. The highest BCUT2D eigenvalue weighted by molar-refractivity contribution is 9.10. The number of aryl methyl sites for hydroxylation is 4. The van der Waals surface area contributed by atoms with Gasteiger partial charge in [-0.15, -0.1) is 0 Å². The van der Waals surface area contributed by atoms with Crippen LogP contribution in [0.3, 0.4) is 0 Å². The number of carbonyl (C=O) groups excluding carboxylic acids is 1. The molecular weight excluding hydrogens is 773 g/mol. The van der Waals surface area contributed by atoms with Crippen molar-refractivity contribution in [1.29, 1.82) is 0 Å². The lowest BCUT2D eigenvalue weighted by atomic mass is 10.0. The van der Waals surface area contributed by atoms with Crippen molar-refractivity contribution < 1.29 is 9.90 Å². The fourth-order valence-electron chi connectivity index (χ4n) is 3.95. The summed E-state index contributed by atoms with van der Waals surface area (Å²) in [5, 5.41) is 22.5. The van der Waals surface area contributed by atoms with Crippen molar-refractivity contribution in [1.82, 2.24) is 39.5 Å². The van der Waals surface area contributed by atoms with E-state index in [1.54, 1.807) is 48.6 Å². The van der Waals surface area contributed by atoms with Crippen LogP contribution in [0.25, 0.3) is 21.8 Å². The highest BCUT2D eigenvalue weighted by atomic mass is 79.9. The molecule has 0 fully saturated rings. The monoisotopic (exact) mass is 790 g/mol. The third-order valence-corrected chi connectivity index (χ3v) is 9.10. The Labute approximate surface area is 295 Å². The number of hydrogen-bond acceptors (Lipinski definition) is 8. The van der Waals surface area contributed by atoms with E-state index < -0.39 is 6.10 Å². The normalized spacial score (nSPS) is 11.6. The van der Waals surface area contributed by atoms with Crippen LogP contribution in [0.15, 0.2) is 41.1 Å². The summed E-state index contributed by atoms with van der Waals surface area (Å²) >= 11 is 38.8. The number of rotatable bonds is 3. The predicted octanol–water partition coefficient (Wildman–Crippen LogP) is 8.61. The first-order valence-corrected chi connectivity index (χ1v) is 15.7. The Hall–Kier alpha value is -2.61. The minimum Gasteiger partial charge on any atom is -0.382 e. The maximum absolute atomic E-state index is 10.6. The van der Waals surface area contributed by atoms with Crippen molar-refractivity contribution in [2.45, 2.75) is 20.0 Å². The van der Waals surface area contributed by atoms with Crippen molar-refractivity contribution in [3.8, 4) is 0 Å². The van der Waals surface area contributed by atoms with Crippen molar-refractivity contribution in [3.63, 3.8) is 0 Å². The number of aliphatic hydroxyl groups is 1. The number of aldehydes is 1. The molecule has 17 heteroatoms. The third-order valence-electron chi connectivity index (χ3n) is 6.11. The maximum atomic E-state index is 10.6. The number of fused-ring (bicyclic) bond motifs is 2. The van der Waals surface area contributed by atoms with E-state index >= 15 is 0 Å². The van der Waals surface area contributed by atoms with Crippen LogP contribution >= 0.6 is 85.5 Å². The van der Waals surface area contributed by atoms with Crippen LogP contribution in [0.2, 0.25) is 30.7 Å². The molecule has 0 amide bonds. The molecule has 4 aromatic heterocycles. The molecular formula is C28H21BrCl6N8O2. The van der Waals surface area contributed by atoms with E-state index in [2.05, 4.69) is 46.1 Å². The molecule has 4 heterocycles. The van der Waals surface area contributed by atoms with Gasteiger partial charge in [-0.1, -0.05) is 75.7 Å². The first kappa shape index (κ1) is 35.2. The van der Waals surface area contributed by atoms with Crippen LogP contribution in [0.4, 0.5) is 0 Å². The van der Waals surface area contributed by atoms with Crippen molar-refractivity contribution >= 4 is 114 Å². The lowest BCUT2D eigenvalue weighted by Gasteiger charge is -2.14. The summed E-state index contributed by atoms with van der Waals surface area (Å²) in [6.45, 7) is 3.34. The lowest BCUT2D eigenvalue weighted by molar-refractivity contribution is 0.111. The number of aliphatic hydroxyl groups excluding tert-OH is 1. The van der Waals surface area contributed by atoms with Crippen molar-refractivity contribution in [3.05, 3.63) is 100 Å². The Morgan fingerprint density at radius 1 is 0.733 bits per heavy atom. The van der Waals surface area contributed by atoms with E-state index in [9.17, 15) is 9.90 Å². The minimum absolute atomic E-state index is 0.0376. The van der Waals surface area contributed by atoms with Gasteiger partial charge in [0.05, 0.1) is 32.5 Å². The fourth-order valence-corrected chi connectivity index (χ4v) is 5.56. The van der Waals surface area contributed by atoms with Crippen LogP contribution in [0.1, 0.15) is 39.2 Å². The summed E-state index contributed by atoms with van der Waals surface area (Å²) in [5.74, 6) is 0. The molecule has 45 heavy (non-hydrogen) atoms. The first-order chi connectivity index (χ1) is 21.2. The van der Waals surface area contributed by atoms with Gasteiger partial charge in [0.2, 0.25) is 0 Å². The van der Waals surface area contributed by atoms with Gasteiger partial charge in [0, 0.05) is 47.3 Å². The minimum atomic E-state index is -1.10. The zero-order chi connectivity index (χ0) is 33.2. The van der Waals surface area contributed by atoms with Crippen molar-refractivity contribution in [2.75, 3.05) is 0 Å². The highest BCUT2D eigenvalue weighted by Crippen LogP contribution is 2.35. The van der Waals surface area contributed by atoms with Gasteiger partial charge in [-0.05, 0) is 48.0 Å². The number of halogens is 7. The summed E-state index contributed by atoms with van der Waals surface area (Å²) in [5.41, 5.74) is 3.47. The zero-order valence-electron chi connectivity index (χ0n) is 23.7. The maximum Gasteiger partial charge on any atom is 0.171 e. The number of carbonyl (C=O) groups is 1. The predicted molar refractivity (Wildman–Crippen MR) is 182 cm³/mol. The molecule has 6 aromatic rings. The second-order valence-corrected chi connectivity index (χ2v) is 12.4. The SMILES string of the molecule is Cc1nc(C(O)c2ccc3nn(C)cc3c2Cl)c(Cl)nc1Cl.Cc1nc(C=O)c(Cl)nc1Cl.Cn1cc2c(Cl)c(Br)ccc2n1. The molecule has 0 aliphatic carbocycles. The lowest BCUT2D eigenvalue weighted by Crippen LogP contribution is -2.07. The Kier molecular flexibility index (Phi) is 11.6. The van der Waals surface area contributed by atoms with Crippen LogP contribution in [0, 0.1) is 13.8 Å². The summed E-state index contributed by atoms with van der Waals surface area (Å²) < 4.78 is 4.32. The summed E-state index contributed by atoms with van der Waals surface area (Å²) in [4.78, 5) is 25.9. The molecule has 10 nitrogen and oxygen atoms in total.